The topological polar surface area (TPSA) is 15.3 Å². The minimum absolute atomic E-state index is 0.460. The molecule has 0 heterocycles. The lowest BCUT2D eigenvalue weighted by Crippen LogP contribution is -2.44. The largest absolute Gasteiger partial charge is 0.316 e. The zero-order valence-electron chi connectivity index (χ0n) is 15.7. The van der Waals surface area contributed by atoms with Gasteiger partial charge in [-0.2, -0.15) is 0 Å². The lowest BCUT2D eigenvalue weighted by Gasteiger charge is -2.34. The van der Waals surface area contributed by atoms with Crippen molar-refractivity contribution in [2.45, 2.75) is 73.3 Å². The first-order valence-electron chi connectivity index (χ1n) is 9.16. The molecular weight excluding hydrogens is 256 g/mol. The van der Waals surface area contributed by atoms with Gasteiger partial charge in [0.25, 0.3) is 0 Å². The maximum atomic E-state index is 3.61. The second-order valence-corrected chi connectivity index (χ2v) is 8.72. The van der Waals surface area contributed by atoms with E-state index in [1.807, 2.05) is 0 Å². The van der Waals surface area contributed by atoms with E-state index in [4.69, 9.17) is 0 Å². The fourth-order valence-electron chi connectivity index (χ4n) is 3.85. The average molecular weight is 297 g/mol. The number of hydrogen-bond acceptors (Lipinski definition) is 2. The molecule has 0 bridgehead atoms. The van der Waals surface area contributed by atoms with E-state index in [9.17, 15) is 0 Å². The second kappa shape index (κ2) is 8.53. The van der Waals surface area contributed by atoms with Gasteiger partial charge >= 0.3 is 0 Å². The van der Waals surface area contributed by atoms with E-state index in [1.54, 1.807) is 0 Å². The minimum Gasteiger partial charge on any atom is -0.316 e. The summed E-state index contributed by atoms with van der Waals surface area (Å²) in [7, 11) is 2.15. The van der Waals surface area contributed by atoms with Gasteiger partial charge in [-0.3, -0.25) is 0 Å². The molecule has 0 spiro atoms. The van der Waals surface area contributed by atoms with Crippen molar-refractivity contribution in [3.05, 3.63) is 0 Å². The molecule has 0 radical (unpaired) electrons. The van der Waals surface area contributed by atoms with Crippen LogP contribution in [0.2, 0.25) is 0 Å². The highest BCUT2D eigenvalue weighted by atomic mass is 15.1. The molecule has 1 aliphatic carbocycles. The van der Waals surface area contributed by atoms with Gasteiger partial charge in [0.15, 0.2) is 0 Å². The summed E-state index contributed by atoms with van der Waals surface area (Å²) in [4.78, 5) is 2.75. The Hall–Kier alpha value is -0.0800. The first kappa shape index (κ1) is 19.0. The van der Waals surface area contributed by atoms with Gasteiger partial charge in [-0.15, -0.1) is 0 Å². The Morgan fingerprint density at radius 3 is 2.00 bits per heavy atom. The molecule has 0 aromatic carbocycles. The van der Waals surface area contributed by atoms with E-state index in [0.717, 1.165) is 17.8 Å². The summed E-state index contributed by atoms with van der Waals surface area (Å²) in [6.07, 6.45) is 5.42. The fourth-order valence-corrected chi connectivity index (χ4v) is 3.85. The van der Waals surface area contributed by atoms with Crippen molar-refractivity contribution in [3.8, 4) is 0 Å². The zero-order valence-corrected chi connectivity index (χ0v) is 15.7. The highest BCUT2D eigenvalue weighted by Crippen LogP contribution is 2.41. The van der Waals surface area contributed by atoms with E-state index in [1.165, 1.54) is 45.3 Å². The van der Waals surface area contributed by atoms with Crippen molar-refractivity contribution in [3.63, 3.8) is 0 Å². The Morgan fingerprint density at radius 1 is 1.05 bits per heavy atom. The number of nitrogens with zero attached hydrogens (tertiary/aromatic N) is 1. The van der Waals surface area contributed by atoms with Crippen LogP contribution in [0.15, 0.2) is 0 Å². The van der Waals surface area contributed by atoms with Crippen LogP contribution in [-0.4, -0.2) is 37.6 Å². The molecule has 0 aromatic heterocycles. The van der Waals surface area contributed by atoms with Crippen molar-refractivity contribution in [1.29, 1.82) is 0 Å². The fraction of sp³-hybridized carbons (Fsp3) is 1.00. The summed E-state index contributed by atoms with van der Waals surface area (Å²) in [6.45, 7) is 18.1. The quantitative estimate of drug-likeness (QED) is 0.678. The van der Waals surface area contributed by atoms with Gasteiger partial charge in [0.05, 0.1) is 0 Å². The molecule has 1 saturated carbocycles. The van der Waals surface area contributed by atoms with Crippen LogP contribution < -0.4 is 5.32 Å². The SMILES string of the molecule is CNC1C(CN(CCC(C)C)CCC(C)C)CCC1(C)C. The van der Waals surface area contributed by atoms with Crippen LogP contribution >= 0.6 is 0 Å². The molecule has 126 valence electrons. The summed E-state index contributed by atoms with van der Waals surface area (Å²) in [5.41, 5.74) is 0.460. The number of hydrogen-bond donors (Lipinski definition) is 1. The molecule has 0 amide bonds. The molecule has 1 aliphatic rings. The number of nitrogens with one attached hydrogen (secondary N) is 1. The normalized spacial score (nSPS) is 25.4. The first-order valence-corrected chi connectivity index (χ1v) is 9.16. The van der Waals surface area contributed by atoms with Gasteiger partial charge in [0, 0.05) is 12.6 Å². The molecule has 21 heavy (non-hydrogen) atoms. The molecule has 1 N–H and O–H groups in total. The van der Waals surface area contributed by atoms with Gasteiger partial charge < -0.3 is 10.2 Å². The van der Waals surface area contributed by atoms with Crippen molar-refractivity contribution in [1.82, 2.24) is 10.2 Å². The zero-order chi connectivity index (χ0) is 16.0. The van der Waals surface area contributed by atoms with E-state index in [0.29, 0.717) is 11.5 Å². The summed E-state index contributed by atoms with van der Waals surface area (Å²) in [5, 5.41) is 3.61. The molecule has 2 atom stereocenters. The van der Waals surface area contributed by atoms with E-state index in [-0.39, 0.29) is 0 Å². The molecule has 0 saturated heterocycles. The molecule has 2 nitrogen and oxygen atoms in total. The maximum absolute atomic E-state index is 3.61. The lowest BCUT2D eigenvalue weighted by atomic mass is 9.84. The van der Waals surface area contributed by atoms with Gasteiger partial charge in [0.2, 0.25) is 0 Å². The van der Waals surface area contributed by atoms with E-state index >= 15 is 0 Å². The predicted octanol–water partition coefficient (Wildman–Crippen LogP) is 4.40. The summed E-state index contributed by atoms with van der Waals surface area (Å²) in [5.74, 6) is 2.45. The highest BCUT2D eigenvalue weighted by molar-refractivity contribution is 4.96. The van der Waals surface area contributed by atoms with Gasteiger partial charge in [-0.25, -0.2) is 0 Å². The minimum atomic E-state index is 0.460. The summed E-state index contributed by atoms with van der Waals surface area (Å²) < 4.78 is 0. The Bertz CT molecular complexity index is 271. The molecule has 2 unspecified atom stereocenters. The monoisotopic (exact) mass is 296 g/mol. The smallest absolute Gasteiger partial charge is 0.0156 e. The van der Waals surface area contributed by atoms with E-state index < -0.39 is 0 Å². The first-order chi connectivity index (χ1) is 9.76. The number of rotatable bonds is 9. The van der Waals surface area contributed by atoms with Crippen LogP contribution in [0.1, 0.15) is 67.2 Å². The van der Waals surface area contributed by atoms with Crippen LogP contribution in [0, 0.1) is 23.2 Å². The Labute approximate surface area is 134 Å². The maximum Gasteiger partial charge on any atom is 0.0156 e. The van der Waals surface area contributed by atoms with Crippen LogP contribution in [0.4, 0.5) is 0 Å². The van der Waals surface area contributed by atoms with Crippen molar-refractivity contribution < 1.29 is 0 Å². The summed E-state index contributed by atoms with van der Waals surface area (Å²) >= 11 is 0. The van der Waals surface area contributed by atoms with Crippen molar-refractivity contribution >= 4 is 0 Å². The molecule has 0 aliphatic heterocycles. The Morgan fingerprint density at radius 2 is 1.57 bits per heavy atom. The van der Waals surface area contributed by atoms with Crippen LogP contribution in [0.5, 0.6) is 0 Å². The third-order valence-electron chi connectivity index (χ3n) is 5.32. The third kappa shape index (κ3) is 6.28. The molecule has 0 aromatic rings. The molecule has 2 heteroatoms. The molecule has 1 fully saturated rings. The highest BCUT2D eigenvalue weighted by Gasteiger charge is 2.41. The standard InChI is InChI=1S/C19H40N2/c1-15(2)9-12-21(13-10-16(3)4)14-17-8-11-19(5,6)18(17)20-7/h15-18,20H,8-14H2,1-7H3. The average Bonchev–Trinajstić information content (AvgIpc) is 2.66. The Balaban J connectivity index is 2.57. The van der Waals surface area contributed by atoms with Crippen molar-refractivity contribution in [2.75, 3.05) is 26.7 Å². The van der Waals surface area contributed by atoms with Crippen LogP contribution in [-0.2, 0) is 0 Å². The Kier molecular flexibility index (Phi) is 7.70. The van der Waals surface area contributed by atoms with E-state index in [2.05, 4.69) is 58.8 Å². The van der Waals surface area contributed by atoms with Gasteiger partial charge in [-0.1, -0.05) is 41.5 Å². The molecular formula is C19H40N2. The molecule has 1 rings (SSSR count). The predicted molar refractivity (Wildman–Crippen MR) is 94.7 cm³/mol. The van der Waals surface area contributed by atoms with Gasteiger partial charge in [0.1, 0.15) is 0 Å². The van der Waals surface area contributed by atoms with Crippen LogP contribution in [0.3, 0.4) is 0 Å². The lowest BCUT2D eigenvalue weighted by molar-refractivity contribution is 0.176. The third-order valence-corrected chi connectivity index (χ3v) is 5.32. The second-order valence-electron chi connectivity index (χ2n) is 8.72. The van der Waals surface area contributed by atoms with Gasteiger partial charge in [-0.05, 0) is 69.0 Å². The van der Waals surface area contributed by atoms with Crippen LogP contribution in [0.25, 0.3) is 0 Å². The van der Waals surface area contributed by atoms with Crippen molar-refractivity contribution in [2.24, 2.45) is 23.2 Å². The summed E-state index contributed by atoms with van der Waals surface area (Å²) in [6, 6.07) is 0.679.